The van der Waals surface area contributed by atoms with Crippen molar-refractivity contribution in [2.45, 2.75) is 25.4 Å². The van der Waals surface area contributed by atoms with Crippen molar-refractivity contribution in [2.75, 3.05) is 27.7 Å². The molecule has 1 aromatic carbocycles. The molecule has 6 heteroatoms. The highest BCUT2D eigenvalue weighted by atomic mass is 31.2. The summed E-state index contributed by atoms with van der Waals surface area (Å²) in [4.78, 5) is 18.1. The maximum atomic E-state index is 11.1. The van der Waals surface area contributed by atoms with Crippen LogP contribution >= 0.6 is 7.82 Å². The summed E-state index contributed by atoms with van der Waals surface area (Å²) in [5, 5.41) is 0. The Balaban J connectivity index is 2.54. The summed E-state index contributed by atoms with van der Waals surface area (Å²) in [6.07, 6.45) is 3.64. The maximum Gasteiger partial charge on any atom is 0.470 e. The van der Waals surface area contributed by atoms with Crippen molar-refractivity contribution in [3.8, 4) is 0 Å². The van der Waals surface area contributed by atoms with Crippen LogP contribution in [0.15, 0.2) is 30.8 Å². The fourth-order valence-corrected chi connectivity index (χ4v) is 2.90. The van der Waals surface area contributed by atoms with Gasteiger partial charge in [0.05, 0.1) is 21.1 Å². The number of hydrogen-bond acceptors (Lipinski definition) is 2. The number of benzene rings is 1. The molecule has 0 saturated carbocycles. The molecule has 0 radical (unpaired) electrons. The first kappa shape index (κ1) is 19.1. The second-order valence-corrected chi connectivity index (χ2v) is 7.72. The van der Waals surface area contributed by atoms with Gasteiger partial charge in [0, 0.05) is 0 Å². The maximum absolute atomic E-state index is 11.1. The molecule has 124 valence electrons. The van der Waals surface area contributed by atoms with Gasteiger partial charge in [-0.2, -0.15) is 0 Å². The summed E-state index contributed by atoms with van der Waals surface area (Å²) in [5.74, 6) is 0. The number of hydrogen-bond donors (Lipinski definition) is 2. The number of nitrogens with zero attached hydrogens (tertiary/aromatic N) is 1. The predicted octanol–water partition coefficient (Wildman–Crippen LogP) is 2.84. The monoisotopic (exact) mass is 328 g/mol. The fourth-order valence-electron chi connectivity index (χ4n) is 2.34. The number of quaternary nitrogens is 1. The molecule has 0 bridgehead atoms. The van der Waals surface area contributed by atoms with Crippen molar-refractivity contribution in [1.82, 2.24) is 0 Å². The highest BCUT2D eigenvalue weighted by molar-refractivity contribution is 7.46. The lowest BCUT2D eigenvalue weighted by atomic mass is 10.0. The zero-order chi connectivity index (χ0) is 16.8. The normalized spacial score (nSPS) is 13.9. The first-order valence-electron chi connectivity index (χ1n) is 7.35. The van der Waals surface area contributed by atoms with Gasteiger partial charge >= 0.3 is 7.82 Å². The van der Waals surface area contributed by atoms with Crippen LogP contribution in [0.4, 0.5) is 0 Å². The lowest BCUT2D eigenvalue weighted by Gasteiger charge is -2.29. The topological polar surface area (TPSA) is 66.8 Å². The summed E-state index contributed by atoms with van der Waals surface area (Å²) in [7, 11) is 1.48. The number of likely N-dealkylation sites (N-methyl/N-ethyl adjacent to an activating group) is 1. The highest BCUT2D eigenvalue weighted by Crippen LogP contribution is 2.38. The van der Waals surface area contributed by atoms with Gasteiger partial charge in [0.2, 0.25) is 0 Å². The van der Waals surface area contributed by atoms with Gasteiger partial charge in [-0.25, -0.2) is 4.57 Å². The quantitative estimate of drug-likeness (QED) is 0.540. The Kier molecular flexibility index (Phi) is 6.98. The van der Waals surface area contributed by atoms with Crippen LogP contribution in [-0.2, 0) is 15.5 Å². The molecule has 0 saturated heterocycles. The van der Waals surface area contributed by atoms with E-state index in [0.717, 1.165) is 18.4 Å². The average Bonchev–Trinajstić information content (AvgIpc) is 2.35. The molecule has 0 heterocycles. The van der Waals surface area contributed by atoms with Gasteiger partial charge in [0.25, 0.3) is 0 Å². The molecule has 1 aromatic rings. The molecule has 1 rings (SSSR count). The summed E-state index contributed by atoms with van der Waals surface area (Å²) in [6.45, 7) is 4.28. The first-order valence-corrected chi connectivity index (χ1v) is 8.88. The molecule has 22 heavy (non-hydrogen) atoms. The highest BCUT2D eigenvalue weighted by Gasteiger charge is 2.26. The van der Waals surface area contributed by atoms with Crippen molar-refractivity contribution in [1.29, 1.82) is 0 Å². The Morgan fingerprint density at radius 3 is 2.32 bits per heavy atom. The number of phosphoric ester groups is 1. The second-order valence-electron chi connectivity index (χ2n) is 6.53. The number of aryl methyl sites for hydroxylation is 1. The molecule has 0 aromatic heterocycles. The van der Waals surface area contributed by atoms with Crippen molar-refractivity contribution in [2.24, 2.45) is 0 Å². The molecule has 0 aliphatic heterocycles. The Hall–Kier alpha value is -0.970. The van der Waals surface area contributed by atoms with Crippen LogP contribution in [0, 0.1) is 0 Å². The Morgan fingerprint density at radius 1 is 1.27 bits per heavy atom. The van der Waals surface area contributed by atoms with E-state index in [9.17, 15) is 4.57 Å². The lowest BCUT2D eigenvalue weighted by molar-refractivity contribution is -0.873. The van der Waals surface area contributed by atoms with E-state index in [1.54, 1.807) is 6.08 Å². The molecule has 1 atom stereocenters. The zero-order valence-corrected chi connectivity index (χ0v) is 14.5. The molecule has 0 aliphatic rings. The molecule has 5 nitrogen and oxygen atoms in total. The molecule has 2 N–H and O–H groups in total. The molecule has 1 unspecified atom stereocenters. The minimum Gasteiger partial charge on any atom is -0.329 e. The summed E-state index contributed by atoms with van der Waals surface area (Å²) >= 11 is 0. The van der Waals surface area contributed by atoms with E-state index in [-0.39, 0.29) is 0 Å². The van der Waals surface area contributed by atoms with E-state index in [4.69, 9.17) is 14.3 Å². The summed E-state index contributed by atoms with van der Waals surface area (Å²) < 4.78 is 16.6. The minimum atomic E-state index is -4.45. The van der Waals surface area contributed by atoms with Gasteiger partial charge in [-0.3, -0.25) is 4.52 Å². The van der Waals surface area contributed by atoms with Gasteiger partial charge in [0.15, 0.2) is 0 Å². The van der Waals surface area contributed by atoms with Gasteiger partial charge in [-0.15, -0.1) is 0 Å². The predicted molar refractivity (Wildman–Crippen MR) is 89.3 cm³/mol. The van der Waals surface area contributed by atoms with Crippen LogP contribution in [0.25, 0.3) is 6.08 Å². The lowest BCUT2D eigenvalue weighted by Crippen LogP contribution is -2.42. The SMILES string of the molecule is C=Cc1ccc(CCCC(C[N+](C)(C)C)OP(=O)(O)O)cc1. The van der Waals surface area contributed by atoms with E-state index in [1.807, 2.05) is 33.3 Å². The third kappa shape index (κ3) is 8.47. The first-order chi connectivity index (χ1) is 10.1. The van der Waals surface area contributed by atoms with E-state index in [2.05, 4.69) is 18.7 Å². The van der Waals surface area contributed by atoms with Crippen LogP contribution in [0.3, 0.4) is 0 Å². The standard InChI is InChI=1S/C16H26NO4P/c1-5-14-9-11-15(12-10-14)7-6-8-16(13-17(2,3)4)21-22(18,19)20/h5,9-12,16H,1,6-8,13H2,2-4H3,(H-,18,19,20)/p+1. The molecule has 0 spiro atoms. The van der Waals surface area contributed by atoms with Crippen LogP contribution < -0.4 is 0 Å². The molecule has 0 amide bonds. The van der Waals surface area contributed by atoms with Crippen molar-refractivity contribution in [3.05, 3.63) is 42.0 Å². The second kappa shape index (κ2) is 8.04. The number of rotatable bonds is 9. The van der Waals surface area contributed by atoms with Gasteiger partial charge in [-0.05, 0) is 30.4 Å². The third-order valence-electron chi connectivity index (χ3n) is 3.24. The van der Waals surface area contributed by atoms with Crippen molar-refractivity contribution in [3.63, 3.8) is 0 Å². The summed E-state index contributed by atoms with van der Waals surface area (Å²) in [5.41, 5.74) is 2.28. The zero-order valence-electron chi connectivity index (χ0n) is 13.6. The number of phosphoric acid groups is 1. The van der Waals surface area contributed by atoms with Gasteiger partial charge in [-0.1, -0.05) is 36.9 Å². The minimum absolute atomic E-state index is 0.451. The Bertz CT molecular complexity index is 516. The van der Waals surface area contributed by atoms with Gasteiger partial charge in [0.1, 0.15) is 12.6 Å². The van der Waals surface area contributed by atoms with Crippen LogP contribution in [0.1, 0.15) is 24.0 Å². The van der Waals surface area contributed by atoms with Crippen molar-refractivity contribution < 1.29 is 23.4 Å². The van der Waals surface area contributed by atoms with Crippen LogP contribution in [-0.4, -0.2) is 48.1 Å². The fraction of sp³-hybridized carbons (Fsp3) is 0.500. The average molecular weight is 328 g/mol. The van der Waals surface area contributed by atoms with Crippen molar-refractivity contribution >= 4 is 13.9 Å². The molecule has 0 fully saturated rings. The molecular formula is C16H27NO4P+. The van der Waals surface area contributed by atoms with Gasteiger partial charge < -0.3 is 14.3 Å². The molecule has 0 aliphatic carbocycles. The molecular weight excluding hydrogens is 301 g/mol. The summed E-state index contributed by atoms with van der Waals surface area (Å²) in [6, 6.07) is 8.13. The van der Waals surface area contributed by atoms with E-state index in [0.29, 0.717) is 17.4 Å². The largest absolute Gasteiger partial charge is 0.470 e. The smallest absolute Gasteiger partial charge is 0.329 e. The Morgan fingerprint density at radius 2 is 1.86 bits per heavy atom. The van der Waals surface area contributed by atoms with E-state index < -0.39 is 13.9 Å². The van der Waals surface area contributed by atoms with Crippen LogP contribution in [0.2, 0.25) is 0 Å². The van der Waals surface area contributed by atoms with E-state index >= 15 is 0 Å². The third-order valence-corrected chi connectivity index (χ3v) is 3.82. The van der Waals surface area contributed by atoms with Crippen LogP contribution in [0.5, 0.6) is 0 Å². The Labute approximate surface area is 133 Å². The van der Waals surface area contributed by atoms with E-state index in [1.165, 1.54) is 5.56 Å².